The van der Waals surface area contributed by atoms with Crippen LogP contribution in [0.3, 0.4) is 0 Å². The smallest absolute Gasteiger partial charge is 0.296 e. The van der Waals surface area contributed by atoms with E-state index in [1.165, 1.54) is 19.3 Å². The fourth-order valence-electron chi connectivity index (χ4n) is 3.51. The molecule has 1 aliphatic rings. The molecule has 0 radical (unpaired) electrons. The fourth-order valence-corrected chi connectivity index (χ4v) is 3.51. The summed E-state index contributed by atoms with van der Waals surface area (Å²) in [5.74, 6) is 0.218. The molecule has 1 heterocycles. The van der Waals surface area contributed by atoms with Crippen molar-refractivity contribution >= 4 is 5.97 Å². The van der Waals surface area contributed by atoms with Crippen LogP contribution in [0.1, 0.15) is 59.8 Å². The lowest BCUT2D eigenvalue weighted by Gasteiger charge is -2.54. The minimum absolute atomic E-state index is 0.252. The molecule has 0 aromatic heterocycles. The van der Waals surface area contributed by atoms with Gasteiger partial charge in [0.2, 0.25) is 0 Å². The number of hydrogen-bond donors (Lipinski definition) is 0. The van der Waals surface area contributed by atoms with E-state index in [1.807, 2.05) is 0 Å². The monoisotopic (exact) mass is 297 g/mol. The third-order valence-electron chi connectivity index (χ3n) is 4.79. The molecule has 0 amide bonds. The second-order valence-corrected chi connectivity index (χ2v) is 7.38. The Morgan fingerprint density at radius 3 is 2.33 bits per heavy atom. The maximum absolute atomic E-state index is 10.8. The topological polar surface area (TPSA) is 38.8 Å². The maximum Gasteiger partial charge on any atom is 0.365 e. The van der Waals surface area contributed by atoms with Crippen molar-refractivity contribution in [2.75, 3.05) is 13.7 Å². The molecule has 0 bridgehead atoms. The molecule has 0 unspecified atom stereocenters. The van der Waals surface area contributed by atoms with Crippen molar-refractivity contribution in [3.05, 3.63) is 12.7 Å². The molecule has 0 atom stereocenters. The molecule has 122 valence electrons. The van der Waals surface area contributed by atoms with Gasteiger partial charge in [-0.2, -0.15) is 4.89 Å². The number of likely N-dealkylation sites (tertiary alicyclic amines) is 1. The Bertz CT molecular complexity index is 345. The Labute approximate surface area is 129 Å². The van der Waals surface area contributed by atoms with E-state index >= 15 is 0 Å². The highest BCUT2D eigenvalue weighted by molar-refractivity contribution is 5.80. The molecule has 1 rings (SSSR count). The maximum atomic E-state index is 10.8. The number of piperidine rings is 1. The Morgan fingerprint density at radius 1 is 1.24 bits per heavy atom. The minimum Gasteiger partial charge on any atom is -0.296 e. The molecular formula is C17H31NO3. The highest BCUT2D eigenvalue weighted by Crippen LogP contribution is 2.41. The van der Waals surface area contributed by atoms with Crippen LogP contribution in [-0.2, 0) is 14.6 Å². The Hall–Kier alpha value is -0.870. The van der Waals surface area contributed by atoms with Crippen LogP contribution in [0.15, 0.2) is 12.7 Å². The molecule has 0 aromatic rings. The number of rotatable bonds is 7. The third-order valence-corrected chi connectivity index (χ3v) is 4.79. The summed E-state index contributed by atoms with van der Waals surface area (Å²) in [6.45, 7) is 13.1. The summed E-state index contributed by atoms with van der Waals surface area (Å²) in [4.78, 5) is 22.6. The van der Waals surface area contributed by atoms with Crippen molar-refractivity contribution in [1.29, 1.82) is 0 Å². The van der Waals surface area contributed by atoms with Crippen LogP contribution in [-0.4, -0.2) is 35.6 Å². The van der Waals surface area contributed by atoms with E-state index < -0.39 is 5.97 Å². The second kappa shape index (κ2) is 7.41. The summed E-state index contributed by atoms with van der Waals surface area (Å²) < 4.78 is 0. The predicted molar refractivity (Wildman–Crippen MR) is 84.7 cm³/mol. The number of hydrogen-bond acceptors (Lipinski definition) is 4. The summed E-state index contributed by atoms with van der Waals surface area (Å²) in [6, 6.07) is 0. The van der Waals surface area contributed by atoms with Gasteiger partial charge in [-0.05, 0) is 59.9 Å². The highest BCUT2D eigenvalue weighted by atomic mass is 17.2. The Kier molecular flexibility index (Phi) is 6.41. The van der Waals surface area contributed by atoms with Crippen LogP contribution in [0.5, 0.6) is 0 Å². The van der Waals surface area contributed by atoms with Gasteiger partial charge in [-0.25, -0.2) is 4.79 Å². The van der Waals surface area contributed by atoms with E-state index in [0.29, 0.717) is 6.61 Å². The summed E-state index contributed by atoms with van der Waals surface area (Å²) in [5, 5.41) is 0. The van der Waals surface area contributed by atoms with Crippen LogP contribution in [0.4, 0.5) is 0 Å². The average Bonchev–Trinajstić information content (AvgIpc) is 2.39. The van der Waals surface area contributed by atoms with Crippen LogP contribution in [0.25, 0.3) is 0 Å². The van der Waals surface area contributed by atoms with Gasteiger partial charge in [0, 0.05) is 17.2 Å². The van der Waals surface area contributed by atoms with E-state index in [2.05, 4.69) is 51.1 Å². The molecule has 0 N–H and O–H groups in total. The zero-order chi connectivity index (χ0) is 16.1. The minimum atomic E-state index is -0.534. The Balaban J connectivity index is 2.27. The third kappa shape index (κ3) is 5.44. The zero-order valence-electron chi connectivity index (χ0n) is 14.3. The summed E-state index contributed by atoms with van der Waals surface area (Å²) in [7, 11) is 2.23. The molecule has 0 aromatic carbocycles. The molecule has 21 heavy (non-hydrogen) atoms. The molecule has 4 heteroatoms. The van der Waals surface area contributed by atoms with Gasteiger partial charge < -0.3 is 0 Å². The highest BCUT2D eigenvalue weighted by Gasteiger charge is 2.42. The summed E-state index contributed by atoms with van der Waals surface area (Å²) in [6.07, 6.45) is 6.80. The van der Waals surface area contributed by atoms with Gasteiger partial charge in [0.25, 0.3) is 0 Å². The van der Waals surface area contributed by atoms with Crippen molar-refractivity contribution in [1.82, 2.24) is 4.90 Å². The number of carbonyl (C=O) groups excluding carboxylic acids is 1. The standard InChI is InChI=1S/C17H31NO3/c1-7-15(19)21-20-11-9-8-10-14-12-16(2,3)18(6)17(4,5)13-14/h7,14H,1,8-13H2,2-6H3. The first-order valence-electron chi connectivity index (χ1n) is 7.89. The fraction of sp³-hybridized carbons (Fsp3) is 0.824. The van der Waals surface area contributed by atoms with E-state index in [-0.39, 0.29) is 11.1 Å². The van der Waals surface area contributed by atoms with Crippen LogP contribution in [0, 0.1) is 5.92 Å². The second-order valence-electron chi connectivity index (χ2n) is 7.38. The Morgan fingerprint density at radius 2 is 1.81 bits per heavy atom. The van der Waals surface area contributed by atoms with Crippen LogP contribution >= 0.6 is 0 Å². The molecular weight excluding hydrogens is 266 g/mol. The van der Waals surface area contributed by atoms with Gasteiger partial charge >= 0.3 is 5.97 Å². The molecule has 1 aliphatic heterocycles. The quantitative estimate of drug-likeness (QED) is 0.311. The van der Waals surface area contributed by atoms with Gasteiger partial charge in [-0.1, -0.05) is 19.4 Å². The zero-order valence-corrected chi connectivity index (χ0v) is 14.3. The van der Waals surface area contributed by atoms with E-state index in [0.717, 1.165) is 24.8 Å². The largest absolute Gasteiger partial charge is 0.365 e. The predicted octanol–water partition coefficient (Wildman–Crippen LogP) is 3.72. The van der Waals surface area contributed by atoms with Crippen LogP contribution < -0.4 is 0 Å². The van der Waals surface area contributed by atoms with E-state index in [1.54, 1.807) is 0 Å². The molecule has 1 saturated heterocycles. The van der Waals surface area contributed by atoms with Crippen molar-refractivity contribution in [2.24, 2.45) is 5.92 Å². The SMILES string of the molecule is C=CC(=O)OOCCCCC1CC(C)(C)N(C)C(C)(C)C1. The average molecular weight is 297 g/mol. The molecule has 0 saturated carbocycles. The summed E-state index contributed by atoms with van der Waals surface area (Å²) >= 11 is 0. The van der Waals surface area contributed by atoms with Crippen molar-refractivity contribution < 1.29 is 14.6 Å². The van der Waals surface area contributed by atoms with Gasteiger partial charge in [0.1, 0.15) is 0 Å². The first-order chi connectivity index (χ1) is 9.69. The van der Waals surface area contributed by atoms with Gasteiger partial charge in [0.05, 0.1) is 6.61 Å². The van der Waals surface area contributed by atoms with Crippen molar-refractivity contribution in [3.8, 4) is 0 Å². The van der Waals surface area contributed by atoms with Gasteiger partial charge in [-0.15, -0.1) is 0 Å². The number of carbonyl (C=O) groups is 1. The number of unbranched alkanes of at least 4 members (excludes halogenated alkanes) is 1. The lowest BCUT2D eigenvalue weighted by molar-refractivity contribution is -0.267. The van der Waals surface area contributed by atoms with Crippen molar-refractivity contribution in [3.63, 3.8) is 0 Å². The van der Waals surface area contributed by atoms with E-state index in [9.17, 15) is 4.79 Å². The van der Waals surface area contributed by atoms with E-state index in [4.69, 9.17) is 4.89 Å². The van der Waals surface area contributed by atoms with Gasteiger partial charge in [-0.3, -0.25) is 9.79 Å². The lowest BCUT2D eigenvalue weighted by atomic mass is 9.72. The van der Waals surface area contributed by atoms with Crippen molar-refractivity contribution in [2.45, 2.75) is 70.9 Å². The van der Waals surface area contributed by atoms with Gasteiger partial charge in [0.15, 0.2) is 0 Å². The molecule has 0 aliphatic carbocycles. The molecule has 0 spiro atoms. The molecule has 4 nitrogen and oxygen atoms in total. The van der Waals surface area contributed by atoms with Crippen LogP contribution in [0.2, 0.25) is 0 Å². The number of nitrogens with zero attached hydrogens (tertiary/aromatic N) is 1. The first kappa shape index (κ1) is 18.2. The lowest BCUT2D eigenvalue weighted by Crippen LogP contribution is -2.58. The normalized spacial score (nSPS) is 22.0. The first-order valence-corrected chi connectivity index (χ1v) is 7.89. The summed E-state index contributed by atoms with van der Waals surface area (Å²) in [5.41, 5.74) is 0.505. The molecule has 1 fully saturated rings.